The first-order chi connectivity index (χ1) is 9.47. The Morgan fingerprint density at radius 1 is 1.30 bits per heavy atom. The highest BCUT2D eigenvalue weighted by Crippen LogP contribution is 2.32. The second-order valence-electron chi connectivity index (χ2n) is 4.89. The topological polar surface area (TPSA) is 95.5 Å². The largest absolute Gasteiger partial charge is 0.480 e. The molecule has 1 aliphatic rings. The molecule has 0 spiro atoms. The van der Waals surface area contributed by atoms with E-state index in [-0.39, 0.29) is 11.7 Å². The average molecular weight is 276 g/mol. The molecule has 6 nitrogen and oxygen atoms in total. The number of nitrogens with one attached hydrogen (secondary N) is 2. The number of aliphatic carboxylic acids is 1. The summed E-state index contributed by atoms with van der Waals surface area (Å²) < 4.78 is 0. The number of carboxylic acid groups (broad SMARTS) is 1. The molecule has 2 amide bonds. The number of hydrogen-bond acceptors (Lipinski definition) is 3. The molecule has 1 atom stereocenters. The molecule has 0 heterocycles. The molecule has 2 rings (SSSR count). The van der Waals surface area contributed by atoms with Crippen molar-refractivity contribution >= 4 is 23.5 Å². The minimum atomic E-state index is -1.03. The molecule has 0 saturated heterocycles. The van der Waals surface area contributed by atoms with E-state index in [1.54, 1.807) is 24.3 Å². The highest BCUT2D eigenvalue weighted by molar-refractivity contribution is 5.97. The van der Waals surface area contributed by atoms with Crippen LogP contribution in [0.25, 0.3) is 0 Å². The standard InChI is InChI=1S/C14H16N2O4/c1-8(17)10-3-2-4-11(7-10)15-14(20)16-12(13(18)19)9-5-6-9/h2-4,7,9,12H,5-6H2,1H3,(H,18,19)(H2,15,16,20). The van der Waals surface area contributed by atoms with Crippen LogP contribution in [-0.2, 0) is 4.79 Å². The number of anilines is 1. The van der Waals surface area contributed by atoms with E-state index in [0.29, 0.717) is 11.3 Å². The number of benzene rings is 1. The number of Topliss-reactive ketones (excluding diaryl/α,β-unsaturated/α-hetero) is 1. The molecule has 1 aromatic carbocycles. The Morgan fingerprint density at radius 2 is 2.00 bits per heavy atom. The molecular formula is C14H16N2O4. The number of urea groups is 1. The first-order valence-electron chi connectivity index (χ1n) is 6.38. The number of hydrogen-bond donors (Lipinski definition) is 3. The Labute approximate surface area is 116 Å². The Hall–Kier alpha value is -2.37. The van der Waals surface area contributed by atoms with Crippen molar-refractivity contribution in [3.05, 3.63) is 29.8 Å². The zero-order valence-corrected chi connectivity index (χ0v) is 11.1. The summed E-state index contributed by atoms with van der Waals surface area (Å²) >= 11 is 0. The Morgan fingerprint density at radius 3 is 2.55 bits per heavy atom. The quantitative estimate of drug-likeness (QED) is 0.715. The lowest BCUT2D eigenvalue weighted by Gasteiger charge is -2.14. The van der Waals surface area contributed by atoms with Crippen molar-refractivity contribution in [2.45, 2.75) is 25.8 Å². The van der Waals surface area contributed by atoms with Crippen molar-refractivity contribution in [1.82, 2.24) is 5.32 Å². The zero-order valence-electron chi connectivity index (χ0n) is 11.1. The number of carbonyl (C=O) groups is 3. The van der Waals surface area contributed by atoms with Crippen molar-refractivity contribution in [3.63, 3.8) is 0 Å². The van der Waals surface area contributed by atoms with E-state index >= 15 is 0 Å². The zero-order chi connectivity index (χ0) is 14.7. The molecule has 1 fully saturated rings. The number of rotatable bonds is 5. The third-order valence-electron chi connectivity index (χ3n) is 3.17. The summed E-state index contributed by atoms with van der Waals surface area (Å²) in [5.74, 6) is -1.11. The van der Waals surface area contributed by atoms with Crippen LogP contribution < -0.4 is 10.6 Å². The summed E-state index contributed by atoms with van der Waals surface area (Å²) in [6, 6.07) is 5.06. The van der Waals surface area contributed by atoms with Crippen LogP contribution in [0.1, 0.15) is 30.1 Å². The highest BCUT2D eigenvalue weighted by Gasteiger charge is 2.37. The summed E-state index contributed by atoms with van der Waals surface area (Å²) in [6.07, 6.45) is 1.63. The molecule has 1 aromatic rings. The fourth-order valence-corrected chi connectivity index (χ4v) is 1.94. The van der Waals surface area contributed by atoms with Crippen molar-refractivity contribution in [2.24, 2.45) is 5.92 Å². The van der Waals surface area contributed by atoms with Crippen LogP contribution in [0, 0.1) is 5.92 Å². The summed E-state index contributed by atoms with van der Waals surface area (Å²) in [5, 5.41) is 14.0. The third kappa shape index (κ3) is 3.57. The van der Waals surface area contributed by atoms with Crippen LogP contribution in [0.3, 0.4) is 0 Å². The molecule has 0 aromatic heterocycles. The van der Waals surface area contributed by atoms with E-state index in [9.17, 15) is 14.4 Å². The van der Waals surface area contributed by atoms with Crippen molar-refractivity contribution in [2.75, 3.05) is 5.32 Å². The first kappa shape index (κ1) is 14.0. The maximum absolute atomic E-state index is 11.8. The second kappa shape index (κ2) is 5.73. The van der Waals surface area contributed by atoms with Gasteiger partial charge in [0.2, 0.25) is 0 Å². The number of ketones is 1. The summed E-state index contributed by atoms with van der Waals surface area (Å²) in [4.78, 5) is 34.0. The van der Waals surface area contributed by atoms with Crippen molar-refractivity contribution in [1.29, 1.82) is 0 Å². The van der Waals surface area contributed by atoms with Crippen molar-refractivity contribution < 1.29 is 19.5 Å². The number of carbonyl (C=O) groups excluding carboxylic acids is 2. The molecule has 3 N–H and O–H groups in total. The average Bonchev–Trinajstić information content (AvgIpc) is 3.20. The maximum Gasteiger partial charge on any atom is 0.326 e. The van der Waals surface area contributed by atoms with E-state index in [1.165, 1.54) is 6.92 Å². The second-order valence-corrected chi connectivity index (χ2v) is 4.89. The summed E-state index contributed by atoms with van der Waals surface area (Å²) in [5.41, 5.74) is 0.940. The third-order valence-corrected chi connectivity index (χ3v) is 3.17. The lowest BCUT2D eigenvalue weighted by Crippen LogP contribution is -2.44. The minimum Gasteiger partial charge on any atom is -0.480 e. The summed E-state index contributed by atoms with van der Waals surface area (Å²) in [6.45, 7) is 1.44. The van der Waals surface area contributed by atoms with Gasteiger partial charge in [0.05, 0.1) is 0 Å². The molecule has 0 bridgehead atoms. The van der Waals surface area contributed by atoms with Gasteiger partial charge >= 0.3 is 12.0 Å². The van der Waals surface area contributed by atoms with Gasteiger partial charge in [-0.2, -0.15) is 0 Å². The highest BCUT2D eigenvalue weighted by atomic mass is 16.4. The Kier molecular flexibility index (Phi) is 4.02. The smallest absolute Gasteiger partial charge is 0.326 e. The van der Waals surface area contributed by atoms with Gasteiger partial charge in [0, 0.05) is 11.3 Å². The predicted octanol–water partition coefficient (Wildman–Crippen LogP) is 1.87. The SMILES string of the molecule is CC(=O)c1cccc(NC(=O)NC(C(=O)O)C2CC2)c1. The molecule has 1 saturated carbocycles. The van der Waals surface area contributed by atoms with Gasteiger partial charge in [0.25, 0.3) is 0 Å². The van der Waals surface area contributed by atoms with Crippen molar-refractivity contribution in [3.8, 4) is 0 Å². The molecule has 1 unspecified atom stereocenters. The van der Waals surface area contributed by atoms with Crippen LogP contribution >= 0.6 is 0 Å². The molecule has 0 aliphatic heterocycles. The van der Waals surface area contributed by atoms with Crippen LogP contribution in [0.15, 0.2) is 24.3 Å². The van der Waals surface area contributed by atoms with Gasteiger partial charge in [-0.25, -0.2) is 9.59 Å². The Balaban J connectivity index is 1.98. The van der Waals surface area contributed by atoms with Crippen LogP contribution in [0.2, 0.25) is 0 Å². The van der Waals surface area contributed by atoms with E-state index in [4.69, 9.17) is 5.11 Å². The van der Waals surface area contributed by atoms with E-state index in [0.717, 1.165) is 12.8 Å². The molecular weight excluding hydrogens is 260 g/mol. The van der Waals surface area contributed by atoms with E-state index < -0.39 is 18.0 Å². The molecule has 106 valence electrons. The molecule has 20 heavy (non-hydrogen) atoms. The van der Waals surface area contributed by atoms with Crippen LogP contribution in [0.4, 0.5) is 10.5 Å². The van der Waals surface area contributed by atoms with Gasteiger partial charge in [-0.3, -0.25) is 4.79 Å². The monoisotopic (exact) mass is 276 g/mol. The van der Waals surface area contributed by atoms with Gasteiger partial charge in [-0.05, 0) is 37.8 Å². The lowest BCUT2D eigenvalue weighted by atomic mass is 10.1. The molecule has 0 radical (unpaired) electrons. The molecule has 6 heteroatoms. The predicted molar refractivity (Wildman–Crippen MR) is 72.7 cm³/mol. The van der Waals surface area contributed by atoms with Gasteiger partial charge in [0.15, 0.2) is 5.78 Å². The van der Waals surface area contributed by atoms with Gasteiger partial charge in [-0.1, -0.05) is 12.1 Å². The van der Waals surface area contributed by atoms with E-state index in [2.05, 4.69) is 10.6 Å². The molecule has 1 aliphatic carbocycles. The normalized spacial score (nSPS) is 15.2. The first-order valence-corrected chi connectivity index (χ1v) is 6.38. The number of carboxylic acids is 1. The van der Waals surface area contributed by atoms with Gasteiger partial charge in [-0.15, -0.1) is 0 Å². The number of amides is 2. The van der Waals surface area contributed by atoms with Crippen LogP contribution in [0.5, 0.6) is 0 Å². The maximum atomic E-state index is 11.8. The fraction of sp³-hybridized carbons (Fsp3) is 0.357. The minimum absolute atomic E-state index is 0.0156. The lowest BCUT2D eigenvalue weighted by molar-refractivity contribution is -0.139. The van der Waals surface area contributed by atoms with Gasteiger partial charge in [0.1, 0.15) is 6.04 Å². The Bertz CT molecular complexity index is 552. The van der Waals surface area contributed by atoms with Gasteiger partial charge < -0.3 is 15.7 Å². The van der Waals surface area contributed by atoms with E-state index in [1.807, 2.05) is 0 Å². The summed E-state index contributed by atoms with van der Waals surface area (Å²) in [7, 11) is 0. The fourth-order valence-electron chi connectivity index (χ4n) is 1.94. The van der Waals surface area contributed by atoms with Crippen LogP contribution in [-0.4, -0.2) is 28.9 Å².